The summed E-state index contributed by atoms with van der Waals surface area (Å²) in [5, 5.41) is 4.68. The van der Waals surface area contributed by atoms with Gasteiger partial charge >= 0.3 is 0 Å². The third-order valence-electron chi connectivity index (χ3n) is 3.84. The van der Waals surface area contributed by atoms with E-state index in [2.05, 4.69) is 21.8 Å². The van der Waals surface area contributed by atoms with Crippen LogP contribution in [0.3, 0.4) is 0 Å². The van der Waals surface area contributed by atoms with E-state index in [1.54, 1.807) is 0 Å². The molecule has 0 radical (unpaired) electrons. The van der Waals surface area contributed by atoms with Gasteiger partial charge in [-0.1, -0.05) is 36.4 Å². The van der Waals surface area contributed by atoms with Crippen LogP contribution in [-0.2, 0) is 0 Å². The van der Waals surface area contributed by atoms with Gasteiger partial charge in [0, 0.05) is 5.69 Å². The van der Waals surface area contributed by atoms with Crippen molar-refractivity contribution in [1.82, 2.24) is 19.3 Å². The normalized spacial score (nSPS) is 11.2. The lowest BCUT2D eigenvalue weighted by atomic mass is 10.3. The lowest BCUT2D eigenvalue weighted by Gasteiger charge is -2.05. The van der Waals surface area contributed by atoms with Crippen LogP contribution in [0, 0.1) is 13.8 Å². The quantitative estimate of drug-likeness (QED) is 0.562. The molecule has 0 aliphatic rings. The van der Waals surface area contributed by atoms with Crippen LogP contribution in [0.4, 0.5) is 0 Å². The first-order valence-corrected chi connectivity index (χ1v) is 7.31. The molecule has 0 atom stereocenters. The maximum atomic E-state index is 4.75. The highest BCUT2D eigenvalue weighted by atomic mass is 15.3. The molecule has 0 spiro atoms. The summed E-state index contributed by atoms with van der Waals surface area (Å²) < 4.78 is 4.08. The van der Waals surface area contributed by atoms with Crippen LogP contribution in [0.25, 0.3) is 22.5 Å². The average Bonchev–Trinajstić information content (AvgIpc) is 3.06. The van der Waals surface area contributed by atoms with Gasteiger partial charge in [-0.05, 0) is 38.1 Å². The summed E-state index contributed by atoms with van der Waals surface area (Å²) in [6.45, 7) is 4.06. The Hall–Kier alpha value is -2.88. The van der Waals surface area contributed by atoms with Gasteiger partial charge in [-0.2, -0.15) is 5.10 Å². The van der Waals surface area contributed by atoms with Gasteiger partial charge in [-0.3, -0.25) is 4.57 Å². The highest BCUT2D eigenvalue weighted by molar-refractivity contribution is 5.79. The highest BCUT2D eigenvalue weighted by Gasteiger charge is 2.18. The summed E-state index contributed by atoms with van der Waals surface area (Å²) in [7, 11) is 0. The summed E-state index contributed by atoms with van der Waals surface area (Å²) in [5.41, 5.74) is 5.07. The number of rotatable bonds is 2. The Balaban J connectivity index is 2.02. The molecule has 108 valence electrons. The molecule has 2 heterocycles. The maximum Gasteiger partial charge on any atom is 0.182 e. The molecule has 0 N–H and O–H groups in total. The number of hydrogen-bond acceptors (Lipinski definition) is 2. The van der Waals surface area contributed by atoms with Crippen molar-refractivity contribution in [3.63, 3.8) is 0 Å². The van der Waals surface area contributed by atoms with Gasteiger partial charge < -0.3 is 0 Å². The first-order chi connectivity index (χ1) is 10.8. The Morgan fingerprint density at radius 3 is 2.00 bits per heavy atom. The van der Waals surface area contributed by atoms with E-state index in [0.29, 0.717) is 0 Å². The number of imidazole rings is 1. The monoisotopic (exact) mass is 288 g/mol. The summed E-state index contributed by atoms with van der Waals surface area (Å²) >= 11 is 0. The molecule has 0 saturated carbocycles. The Kier molecular flexibility index (Phi) is 2.82. The number of benzene rings is 2. The first-order valence-electron chi connectivity index (χ1n) is 7.31. The molecular weight excluding hydrogens is 272 g/mol. The van der Waals surface area contributed by atoms with Crippen molar-refractivity contribution >= 4 is 11.2 Å². The van der Waals surface area contributed by atoms with Gasteiger partial charge in [0.1, 0.15) is 11.3 Å². The van der Waals surface area contributed by atoms with E-state index in [9.17, 15) is 0 Å². The van der Waals surface area contributed by atoms with Crippen LogP contribution in [-0.4, -0.2) is 19.3 Å². The van der Waals surface area contributed by atoms with Gasteiger partial charge in [0.25, 0.3) is 0 Å². The zero-order chi connectivity index (χ0) is 15.1. The van der Waals surface area contributed by atoms with Gasteiger partial charge in [-0.25, -0.2) is 9.67 Å². The summed E-state index contributed by atoms with van der Waals surface area (Å²) in [6, 6.07) is 20.4. The van der Waals surface area contributed by atoms with E-state index in [1.165, 1.54) is 0 Å². The fraction of sp³-hybridized carbons (Fsp3) is 0.111. The minimum absolute atomic E-state index is 0.894. The second kappa shape index (κ2) is 4.84. The highest BCUT2D eigenvalue weighted by Crippen LogP contribution is 2.25. The predicted molar refractivity (Wildman–Crippen MR) is 87.7 cm³/mol. The standard InChI is InChI=1S/C18H16N4/c1-13-17-18(22(20-13)16-11-7-4-8-12-16)19-14(2)21(17)15-9-5-3-6-10-15/h3-12H,1-2H3. The Morgan fingerprint density at radius 2 is 1.36 bits per heavy atom. The maximum absolute atomic E-state index is 4.75. The SMILES string of the molecule is Cc1nn(-c2ccccc2)c2nc(C)n(-c3ccccc3)c12. The molecule has 0 aliphatic carbocycles. The van der Waals surface area contributed by atoms with E-state index in [1.807, 2.05) is 67.1 Å². The molecule has 4 heteroatoms. The molecular formula is C18H16N4. The van der Waals surface area contributed by atoms with Crippen LogP contribution in [0.15, 0.2) is 60.7 Å². The van der Waals surface area contributed by atoms with E-state index >= 15 is 0 Å². The number of aryl methyl sites for hydroxylation is 2. The second-order valence-electron chi connectivity index (χ2n) is 5.33. The smallest absolute Gasteiger partial charge is 0.182 e. The third kappa shape index (κ3) is 1.84. The zero-order valence-corrected chi connectivity index (χ0v) is 12.6. The molecule has 2 aromatic carbocycles. The van der Waals surface area contributed by atoms with Crippen LogP contribution in [0.1, 0.15) is 11.5 Å². The fourth-order valence-electron chi connectivity index (χ4n) is 2.88. The van der Waals surface area contributed by atoms with Crippen molar-refractivity contribution in [2.24, 2.45) is 0 Å². The van der Waals surface area contributed by atoms with Crippen LogP contribution < -0.4 is 0 Å². The van der Waals surface area contributed by atoms with Gasteiger partial charge in [0.15, 0.2) is 5.65 Å². The molecule has 2 aromatic heterocycles. The van der Waals surface area contributed by atoms with Crippen LogP contribution >= 0.6 is 0 Å². The predicted octanol–water partition coefficient (Wildman–Crippen LogP) is 3.83. The van der Waals surface area contributed by atoms with Crippen molar-refractivity contribution in [1.29, 1.82) is 0 Å². The van der Waals surface area contributed by atoms with E-state index < -0.39 is 0 Å². The van der Waals surface area contributed by atoms with Crippen molar-refractivity contribution in [3.8, 4) is 11.4 Å². The number of fused-ring (bicyclic) bond motifs is 1. The zero-order valence-electron chi connectivity index (χ0n) is 12.6. The summed E-state index contributed by atoms with van der Waals surface area (Å²) in [4.78, 5) is 4.75. The molecule has 4 aromatic rings. The number of para-hydroxylation sites is 2. The lowest BCUT2D eigenvalue weighted by Crippen LogP contribution is -1.99. The number of hydrogen-bond donors (Lipinski definition) is 0. The molecule has 0 saturated heterocycles. The first kappa shape index (κ1) is 12.8. The van der Waals surface area contributed by atoms with Crippen molar-refractivity contribution in [2.45, 2.75) is 13.8 Å². The number of aromatic nitrogens is 4. The molecule has 0 fully saturated rings. The topological polar surface area (TPSA) is 35.6 Å². The van der Waals surface area contributed by atoms with Crippen molar-refractivity contribution in [2.75, 3.05) is 0 Å². The lowest BCUT2D eigenvalue weighted by molar-refractivity contribution is 0.865. The van der Waals surface area contributed by atoms with Gasteiger partial charge in [-0.15, -0.1) is 0 Å². The van der Waals surface area contributed by atoms with Crippen LogP contribution in [0.2, 0.25) is 0 Å². The largest absolute Gasteiger partial charge is 0.293 e. The molecule has 4 rings (SSSR count). The van der Waals surface area contributed by atoms with Crippen molar-refractivity contribution < 1.29 is 0 Å². The molecule has 4 nitrogen and oxygen atoms in total. The summed E-state index contributed by atoms with van der Waals surface area (Å²) in [5.74, 6) is 0.964. The summed E-state index contributed by atoms with van der Waals surface area (Å²) in [6.07, 6.45) is 0. The van der Waals surface area contributed by atoms with E-state index in [4.69, 9.17) is 4.98 Å². The Morgan fingerprint density at radius 1 is 0.773 bits per heavy atom. The minimum atomic E-state index is 0.894. The Bertz CT molecular complexity index is 934. The molecule has 0 bridgehead atoms. The number of nitrogens with zero attached hydrogens (tertiary/aromatic N) is 4. The fourth-order valence-corrected chi connectivity index (χ4v) is 2.88. The average molecular weight is 288 g/mol. The van der Waals surface area contributed by atoms with Gasteiger partial charge in [0.05, 0.1) is 11.4 Å². The third-order valence-corrected chi connectivity index (χ3v) is 3.84. The Labute approximate surface area is 128 Å². The van der Waals surface area contributed by atoms with Crippen molar-refractivity contribution in [3.05, 3.63) is 72.2 Å². The second-order valence-corrected chi connectivity index (χ2v) is 5.33. The minimum Gasteiger partial charge on any atom is -0.293 e. The van der Waals surface area contributed by atoms with Gasteiger partial charge in [0.2, 0.25) is 0 Å². The molecule has 0 aliphatic heterocycles. The molecule has 0 unspecified atom stereocenters. The van der Waals surface area contributed by atoms with E-state index in [-0.39, 0.29) is 0 Å². The van der Waals surface area contributed by atoms with E-state index in [0.717, 1.165) is 34.1 Å². The molecule has 0 amide bonds. The molecule has 22 heavy (non-hydrogen) atoms. The van der Waals surface area contributed by atoms with Crippen LogP contribution in [0.5, 0.6) is 0 Å².